The number of carbonyl (C=O) groups is 4. The smallest absolute Gasteiger partial charge is 0.326 e. The van der Waals surface area contributed by atoms with E-state index < -0.39 is 42.8 Å². The molecule has 25 heavy (non-hydrogen) atoms. The Bertz CT molecular complexity index is 687. The first-order valence-corrected chi connectivity index (χ1v) is 7.08. The first-order chi connectivity index (χ1) is 11.8. The van der Waals surface area contributed by atoms with Crippen LogP contribution >= 0.6 is 0 Å². The summed E-state index contributed by atoms with van der Waals surface area (Å²) in [6.45, 7) is -0.826. The molecule has 0 aliphatic heterocycles. The highest BCUT2D eigenvalue weighted by Crippen LogP contribution is 2.12. The predicted molar refractivity (Wildman–Crippen MR) is 85.4 cm³/mol. The summed E-state index contributed by atoms with van der Waals surface area (Å²) in [6, 6.07) is 4.79. The Morgan fingerprint density at radius 2 is 1.80 bits per heavy atom. The number of para-hydroxylation sites is 1. The maximum Gasteiger partial charge on any atom is 0.326 e. The van der Waals surface area contributed by atoms with Crippen molar-refractivity contribution in [3.8, 4) is 5.75 Å². The third kappa shape index (κ3) is 7.59. The Hall–Kier alpha value is -3.43. The summed E-state index contributed by atoms with van der Waals surface area (Å²) in [7, 11) is 0. The molecule has 0 fully saturated rings. The number of carbonyl (C=O) groups excluding carboxylic acids is 2. The van der Waals surface area contributed by atoms with Crippen molar-refractivity contribution >= 4 is 30.0 Å². The van der Waals surface area contributed by atoms with E-state index in [-0.39, 0.29) is 12.3 Å². The minimum Gasteiger partial charge on any atom is -0.507 e. The number of nitrogens with one attached hydrogen (secondary N) is 2. The van der Waals surface area contributed by atoms with Crippen LogP contribution in [-0.2, 0) is 19.2 Å². The highest BCUT2D eigenvalue weighted by Gasteiger charge is 2.22. The predicted octanol–water partition coefficient (Wildman–Crippen LogP) is -1.03. The van der Waals surface area contributed by atoms with Crippen LogP contribution < -0.4 is 10.6 Å². The van der Waals surface area contributed by atoms with Crippen molar-refractivity contribution in [1.82, 2.24) is 10.6 Å². The number of carboxylic acid groups (broad SMARTS) is 2. The second-order valence-electron chi connectivity index (χ2n) is 4.86. The van der Waals surface area contributed by atoms with E-state index in [9.17, 15) is 24.3 Å². The number of benzene rings is 1. The average molecular weight is 351 g/mol. The molecule has 10 heteroatoms. The fraction of sp³-hybridized carbons (Fsp3) is 0.267. The number of aliphatic imine (C=N–C) groups is 1. The summed E-state index contributed by atoms with van der Waals surface area (Å²) in [5, 5.41) is 31.1. The molecular weight excluding hydrogens is 334 g/mol. The zero-order valence-corrected chi connectivity index (χ0v) is 13.0. The van der Waals surface area contributed by atoms with Crippen molar-refractivity contribution in [1.29, 1.82) is 0 Å². The Morgan fingerprint density at radius 3 is 2.40 bits per heavy atom. The van der Waals surface area contributed by atoms with E-state index in [4.69, 9.17) is 10.2 Å². The third-order valence-electron chi connectivity index (χ3n) is 2.86. The van der Waals surface area contributed by atoms with Crippen LogP contribution in [0.2, 0.25) is 0 Å². The number of carboxylic acids is 2. The molecule has 0 aliphatic carbocycles. The SMILES string of the molecule is O=C(O)C[C@H](NC(=O)CNC(=O)CN=Cc1ccccc1O)C(=O)O. The van der Waals surface area contributed by atoms with Gasteiger partial charge in [0.05, 0.1) is 13.0 Å². The third-order valence-corrected chi connectivity index (χ3v) is 2.86. The van der Waals surface area contributed by atoms with Crippen LogP contribution in [0.25, 0.3) is 0 Å². The molecule has 0 aliphatic rings. The van der Waals surface area contributed by atoms with Crippen molar-refractivity contribution in [3.05, 3.63) is 29.8 Å². The van der Waals surface area contributed by atoms with Gasteiger partial charge in [0, 0.05) is 11.8 Å². The number of aromatic hydroxyl groups is 1. The van der Waals surface area contributed by atoms with Gasteiger partial charge >= 0.3 is 11.9 Å². The number of amides is 2. The molecule has 0 heterocycles. The van der Waals surface area contributed by atoms with E-state index in [1.807, 2.05) is 5.32 Å². The second kappa shape index (κ2) is 9.65. The maximum atomic E-state index is 11.5. The van der Waals surface area contributed by atoms with E-state index in [0.717, 1.165) is 0 Å². The van der Waals surface area contributed by atoms with Gasteiger partial charge in [-0.05, 0) is 12.1 Å². The average Bonchev–Trinajstić information content (AvgIpc) is 2.53. The molecule has 134 valence electrons. The van der Waals surface area contributed by atoms with Gasteiger partial charge in [-0.2, -0.15) is 0 Å². The fourth-order valence-corrected chi connectivity index (χ4v) is 1.68. The van der Waals surface area contributed by atoms with Crippen LogP contribution in [0, 0.1) is 0 Å². The largest absolute Gasteiger partial charge is 0.507 e. The van der Waals surface area contributed by atoms with E-state index in [1.54, 1.807) is 18.2 Å². The van der Waals surface area contributed by atoms with Gasteiger partial charge in [-0.1, -0.05) is 12.1 Å². The Kier molecular flexibility index (Phi) is 7.57. The lowest BCUT2D eigenvalue weighted by atomic mass is 10.2. The van der Waals surface area contributed by atoms with Gasteiger partial charge in [0.25, 0.3) is 0 Å². The molecule has 0 spiro atoms. The minimum atomic E-state index is -1.58. The molecule has 0 saturated heterocycles. The lowest BCUT2D eigenvalue weighted by molar-refractivity contribution is -0.147. The Labute approximate surface area is 142 Å². The summed E-state index contributed by atoms with van der Waals surface area (Å²) >= 11 is 0. The van der Waals surface area contributed by atoms with Crippen molar-refractivity contribution in [2.45, 2.75) is 12.5 Å². The number of nitrogens with zero attached hydrogens (tertiary/aromatic N) is 1. The van der Waals surface area contributed by atoms with Gasteiger partial charge in [-0.15, -0.1) is 0 Å². The molecular formula is C15H17N3O7. The van der Waals surface area contributed by atoms with Gasteiger partial charge in [-0.25, -0.2) is 4.79 Å². The van der Waals surface area contributed by atoms with Gasteiger partial charge in [0.1, 0.15) is 18.3 Å². The first kappa shape index (κ1) is 19.6. The molecule has 0 bridgehead atoms. The van der Waals surface area contributed by atoms with E-state index in [0.29, 0.717) is 5.56 Å². The quantitative estimate of drug-likeness (QED) is 0.355. The van der Waals surface area contributed by atoms with Crippen LogP contribution in [0.3, 0.4) is 0 Å². The Balaban J connectivity index is 2.40. The van der Waals surface area contributed by atoms with Crippen LogP contribution in [0.4, 0.5) is 0 Å². The number of hydrogen-bond donors (Lipinski definition) is 5. The first-order valence-electron chi connectivity index (χ1n) is 7.08. The lowest BCUT2D eigenvalue weighted by Gasteiger charge is -2.12. The van der Waals surface area contributed by atoms with Gasteiger partial charge in [0.15, 0.2) is 0 Å². The van der Waals surface area contributed by atoms with E-state index in [1.165, 1.54) is 12.3 Å². The zero-order valence-electron chi connectivity index (χ0n) is 13.0. The van der Waals surface area contributed by atoms with E-state index >= 15 is 0 Å². The fourth-order valence-electron chi connectivity index (χ4n) is 1.68. The molecule has 2 amide bonds. The molecule has 0 saturated carbocycles. The summed E-state index contributed by atoms with van der Waals surface area (Å²) in [5.74, 6) is -4.31. The topological polar surface area (TPSA) is 165 Å². The van der Waals surface area contributed by atoms with E-state index in [2.05, 4.69) is 10.3 Å². The number of aliphatic carboxylic acids is 2. The molecule has 1 rings (SSSR count). The molecule has 1 aromatic rings. The van der Waals surface area contributed by atoms with Crippen molar-refractivity contribution in [2.24, 2.45) is 4.99 Å². The lowest BCUT2D eigenvalue weighted by Crippen LogP contribution is -2.46. The van der Waals surface area contributed by atoms with Crippen molar-refractivity contribution in [2.75, 3.05) is 13.1 Å². The summed E-state index contributed by atoms with van der Waals surface area (Å²) in [6.07, 6.45) is 0.516. The molecule has 10 nitrogen and oxygen atoms in total. The number of rotatable bonds is 9. The molecule has 5 N–H and O–H groups in total. The second-order valence-corrected chi connectivity index (χ2v) is 4.86. The monoisotopic (exact) mass is 351 g/mol. The highest BCUT2D eigenvalue weighted by molar-refractivity contribution is 5.91. The van der Waals surface area contributed by atoms with Gasteiger partial charge in [-0.3, -0.25) is 19.4 Å². The van der Waals surface area contributed by atoms with Crippen LogP contribution in [0.5, 0.6) is 5.75 Å². The van der Waals surface area contributed by atoms with Crippen LogP contribution in [0.15, 0.2) is 29.3 Å². The number of phenolic OH excluding ortho intramolecular Hbond substituents is 1. The molecule has 1 atom stereocenters. The number of phenols is 1. The zero-order chi connectivity index (χ0) is 18.8. The van der Waals surface area contributed by atoms with Crippen LogP contribution in [0.1, 0.15) is 12.0 Å². The molecule has 1 aromatic carbocycles. The molecule has 0 radical (unpaired) electrons. The van der Waals surface area contributed by atoms with Crippen LogP contribution in [-0.4, -0.2) is 64.4 Å². The maximum absolute atomic E-state index is 11.5. The summed E-state index contributed by atoms with van der Waals surface area (Å²) in [5.41, 5.74) is 0.422. The normalized spacial score (nSPS) is 11.7. The van der Waals surface area contributed by atoms with Crippen molar-refractivity contribution < 1.29 is 34.5 Å². The number of hydrogen-bond acceptors (Lipinski definition) is 6. The standard InChI is InChI=1S/C15H17N3O7/c19-11-4-2-1-3-9(11)6-16-7-12(20)17-8-13(21)18-10(15(24)25)5-14(22)23/h1-4,6,10,19H,5,7-8H2,(H,17,20)(H,18,21)(H,22,23)(H,24,25)/t10-/m0/s1. The Morgan fingerprint density at radius 1 is 1.12 bits per heavy atom. The van der Waals surface area contributed by atoms with Gasteiger partial charge < -0.3 is 26.0 Å². The van der Waals surface area contributed by atoms with Gasteiger partial charge in [0.2, 0.25) is 11.8 Å². The molecule has 0 aromatic heterocycles. The molecule has 0 unspecified atom stereocenters. The summed E-state index contributed by atoms with van der Waals surface area (Å²) < 4.78 is 0. The summed E-state index contributed by atoms with van der Waals surface area (Å²) in [4.78, 5) is 48.2. The minimum absolute atomic E-state index is 0.00387. The highest BCUT2D eigenvalue weighted by atomic mass is 16.4. The van der Waals surface area contributed by atoms with Crippen molar-refractivity contribution in [3.63, 3.8) is 0 Å².